The first-order valence-corrected chi connectivity index (χ1v) is 9.16. The fraction of sp³-hybridized carbons (Fsp3) is 1.00. The van der Waals surface area contributed by atoms with E-state index in [4.69, 9.17) is 0 Å². The molecule has 0 aromatic heterocycles. The molecule has 3 atom stereocenters. The van der Waals surface area contributed by atoms with Crippen molar-refractivity contribution >= 4 is 9.84 Å². The van der Waals surface area contributed by atoms with Crippen LogP contribution in [0.3, 0.4) is 0 Å². The lowest BCUT2D eigenvalue weighted by atomic mass is 9.95. The average molecular weight is 275 g/mol. The smallest absolute Gasteiger partial charge is 0.153 e. The highest BCUT2D eigenvalue weighted by atomic mass is 32.2. The van der Waals surface area contributed by atoms with Crippen LogP contribution in [0.4, 0.5) is 0 Å². The summed E-state index contributed by atoms with van der Waals surface area (Å²) in [6, 6.07) is 0.412. The molecule has 0 aromatic rings. The zero-order valence-electron chi connectivity index (χ0n) is 12.1. The average Bonchev–Trinajstić information content (AvgIpc) is 2.36. The van der Waals surface area contributed by atoms with Gasteiger partial charge in [0.1, 0.15) is 0 Å². The highest BCUT2D eigenvalue weighted by Crippen LogP contribution is 2.26. The fourth-order valence-corrected chi connectivity index (χ4v) is 5.01. The fourth-order valence-electron chi connectivity index (χ4n) is 2.66. The van der Waals surface area contributed by atoms with E-state index in [0.717, 1.165) is 45.1 Å². The van der Waals surface area contributed by atoms with Gasteiger partial charge in [0.25, 0.3) is 0 Å². The van der Waals surface area contributed by atoms with Crippen LogP contribution < -0.4 is 5.32 Å². The molecule has 0 saturated heterocycles. The van der Waals surface area contributed by atoms with Gasteiger partial charge in [-0.05, 0) is 38.1 Å². The molecule has 0 aliphatic heterocycles. The quantitative estimate of drug-likeness (QED) is 0.777. The van der Waals surface area contributed by atoms with Gasteiger partial charge in [0.2, 0.25) is 0 Å². The molecule has 0 heterocycles. The summed E-state index contributed by atoms with van der Waals surface area (Å²) in [7, 11) is -2.89. The van der Waals surface area contributed by atoms with E-state index in [-0.39, 0.29) is 5.25 Å². The summed E-state index contributed by atoms with van der Waals surface area (Å²) in [5, 5.41) is 3.37. The third-order valence-electron chi connectivity index (χ3n) is 4.03. The van der Waals surface area contributed by atoms with E-state index in [2.05, 4.69) is 19.2 Å². The molecule has 0 spiro atoms. The van der Waals surface area contributed by atoms with Gasteiger partial charge < -0.3 is 5.32 Å². The van der Waals surface area contributed by atoms with Gasteiger partial charge >= 0.3 is 0 Å². The van der Waals surface area contributed by atoms with Crippen molar-refractivity contribution in [1.82, 2.24) is 5.32 Å². The maximum absolute atomic E-state index is 12.3. The van der Waals surface area contributed by atoms with Crippen molar-refractivity contribution in [3.63, 3.8) is 0 Å². The molecule has 1 rings (SSSR count). The van der Waals surface area contributed by atoms with Gasteiger partial charge in [-0.1, -0.05) is 33.6 Å². The molecule has 1 aliphatic carbocycles. The Balaban J connectivity index is 2.54. The Bertz CT molecular complexity index is 327. The predicted molar refractivity (Wildman–Crippen MR) is 77.6 cm³/mol. The normalized spacial score (nSPS) is 27.1. The third kappa shape index (κ3) is 4.88. The molecule has 1 aliphatic rings. The van der Waals surface area contributed by atoms with E-state index in [1.807, 2.05) is 6.92 Å². The minimum absolute atomic E-state index is 0.102. The van der Waals surface area contributed by atoms with E-state index in [1.165, 1.54) is 0 Å². The summed E-state index contributed by atoms with van der Waals surface area (Å²) in [4.78, 5) is 0. The minimum Gasteiger partial charge on any atom is -0.314 e. The molecule has 3 unspecified atom stereocenters. The SMILES string of the molecule is CCCNC1CCCC(S(=O)(=O)CC(C)CC)C1. The molecular weight excluding hydrogens is 246 g/mol. The number of hydrogen-bond acceptors (Lipinski definition) is 3. The van der Waals surface area contributed by atoms with E-state index in [9.17, 15) is 8.42 Å². The van der Waals surface area contributed by atoms with Crippen LogP contribution >= 0.6 is 0 Å². The van der Waals surface area contributed by atoms with Crippen LogP contribution in [-0.2, 0) is 9.84 Å². The van der Waals surface area contributed by atoms with E-state index in [0.29, 0.717) is 17.7 Å². The van der Waals surface area contributed by atoms with Crippen LogP contribution in [0, 0.1) is 5.92 Å². The van der Waals surface area contributed by atoms with Crippen LogP contribution in [0.5, 0.6) is 0 Å². The highest BCUT2D eigenvalue weighted by Gasteiger charge is 2.32. The van der Waals surface area contributed by atoms with Crippen molar-refractivity contribution in [2.75, 3.05) is 12.3 Å². The second-order valence-electron chi connectivity index (χ2n) is 5.78. The highest BCUT2D eigenvalue weighted by molar-refractivity contribution is 7.92. The Morgan fingerprint density at radius 3 is 2.61 bits per heavy atom. The van der Waals surface area contributed by atoms with Crippen LogP contribution in [-0.4, -0.2) is 32.0 Å². The first-order valence-electron chi connectivity index (χ1n) is 7.44. The van der Waals surface area contributed by atoms with Crippen LogP contribution in [0.2, 0.25) is 0 Å². The zero-order valence-corrected chi connectivity index (χ0v) is 12.9. The topological polar surface area (TPSA) is 46.2 Å². The molecule has 3 nitrogen and oxygen atoms in total. The minimum atomic E-state index is -2.89. The Labute approximate surface area is 113 Å². The first-order chi connectivity index (χ1) is 8.49. The third-order valence-corrected chi connectivity index (χ3v) is 6.51. The number of sulfone groups is 1. The monoisotopic (exact) mass is 275 g/mol. The Hall–Kier alpha value is -0.0900. The second-order valence-corrected chi connectivity index (χ2v) is 8.11. The van der Waals surface area contributed by atoms with E-state index >= 15 is 0 Å². The Morgan fingerprint density at radius 2 is 2.00 bits per heavy atom. The summed E-state index contributed by atoms with van der Waals surface area (Å²) in [5.74, 6) is 0.660. The van der Waals surface area contributed by atoms with Crippen molar-refractivity contribution < 1.29 is 8.42 Å². The molecule has 18 heavy (non-hydrogen) atoms. The van der Waals surface area contributed by atoms with Gasteiger partial charge in [-0.25, -0.2) is 8.42 Å². The van der Waals surface area contributed by atoms with E-state index < -0.39 is 9.84 Å². The maximum atomic E-state index is 12.3. The summed E-state index contributed by atoms with van der Waals surface area (Å²) < 4.78 is 24.7. The second kappa shape index (κ2) is 7.49. The van der Waals surface area contributed by atoms with Crippen molar-refractivity contribution in [1.29, 1.82) is 0 Å². The van der Waals surface area contributed by atoms with Gasteiger partial charge in [0, 0.05) is 6.04 Å². The predicted octanol–water partition coefficient (Wildman–Crippen LogP) is 2.76. The molecule has 1 fully saturated rings. The molecule has 108 valence electrons. The van der Waals surface area contributed by atoms with Gasteiger partial charge in [0.05, 0.1) is 11.0 Å². The van der Waals surface area contributed by atoms with E-state index in [1.54, 1.807) is 0 Å². The van der Waals surface area contributed by atoms with Crippen LogP contribution in [0.15, 0.2) is 0 Å². The van der Waals surface area contributed by atoms with Crippen molar-refractivity contribution in [2.45, 2.75) is 70.6 Å². The van der Waals surface area contributed by atoms with Gasteiger partial charge in [0.15, 0.2) is 9.84 Å². The number of nitrogens with one attached hydrogen (secondary N) is 1. The Morgan fingerprint density at radius 1 is 1.28 bits per heavy atom. The van der Waals surface area contributed by atoms with Crippen LogP contribution in [0.25, 0.3) is 0 Å². The molecule has 4 heteroatoms. The summed E-state index contributed by atoms with van der Waals surface area (Å²) in [5.41, 5.74) is 0. The zero-order chi connectivity index (χ0) is 13.6. The lowest BCUT2D eigenvalue weighted by Gasteiger charge is -2.30. The molecule has 0 bridgehead atoms. The Kier molecular flexibility index (Phi) is 6.64. The maximum Gasteiger partial charge on any atom is 0.153 e. The lowest BCUT2D eigenvalue weighted by molar-refractivity contribution is 0.371. The van der Waals surface area contributed by atoms with Crippen molar-refractivity contribution in [3.05, 3.63) is 0 Å². The first kappa shape index (κ1) is 16.0. The van der Waals surface area contributed by atoms with Crippen molar-refractivity contribution in [2.24, 2.45) is 5.92 Å². The standard InChI is InChI=1S/C14H29NO2S/c1-4-9-15-13-7-6-8-14(10-13)18(16,17)11-12(3)5-2/h12-15H,4-11H2,1-3H3. The molecule has 0 amide bonds. The summed E-state index contributed by atoms with van der Waals surface area (Å²) >= 11 is 0. The lowest BCUT2D eigenvalue weighted by Crippen LogP contribution is -2.40. The summed E-state index contributed by atoms with van der Waals surface area (Å²) in [6.45, 7) is 7.25. The molecule has 1 N–H and O–H groups in total. The van der Waals surface area contributed by atoms with Crippen LogP contribution in [0.1, 0.15) is 59.3 Å². The molecule has 1 saturated carbocycles. The van der Waals surface area contributed by atoms with Crippen molar-refractivity contribution in [3.8, 4) is 0 Å². The molecule has 0 radical (unpaired) electrons. The van der Waals surface area contributed by atoms with Gasteiger partial charge in [-0.2, -0.15) is 0 Å². The number of hydrogen-bond donors (Lipinski definition) is 1. The number of rotatable bonds is 7. The largest absolute Gasteiger partial charge is 0.314 e. The molecule has 0 aromatic carbocycles. The molecular formula is C14H29NO2S. The van der Waals surface area contributed by atoms with Gasteiger partial charge in [-0.3, -0.25) is 0 Å². The summed E-state index contributed by atoms with van der Waals surface area (Å²) in [6.07, 6.45) is 5.92. The van der Waals surface area contributed by atoms with Gasteiger partial charge in [-0.15, -0.1) is 0 Å².